The Morgan fingerprint density at radius 3 is 2.94 bits per heavy atom. The summed E-state index contributed by atoms with van der Waals surface area (Å²) in [5.41, 5.74) is 0.340. The molecule has 1 aromatic heterocycles. The second-order valence-electron chi connectivity index (χ2n) is 3.62. The molecule has 0 saturated carbocycles. The summed E-state index contributed by atoms with van der Waals surface area (Å²) >= 11 is 0. The van der Waals surface area contributed by atoms with Crippen molar-refractivity contribution in [3.05, 3.63) is 24.3 Å². The SMILES string of the molecule is CC(C)OCCCNC(=O)c1cnccn1. The van der Waals surface area contributed by atoms with E-state index in [1.165, 1.54) is 18.6 Å². The quantitative estimate of drug-likeness (QED) is 0.731. The summed E-state index contributed by atoms with van der Waals surface area (Å²) in [4.78, 5) is 19.2. The smallest absolute Gasteiger partial charge is 0.271 e. The maximum atomic E-state index is 11.5. The average molecular weight is 223 g/mol. The van der Waals surface area contributed by atoms with E-state index in [0.29, 0.717) is 18.8 Å². The van der Waals surface area contributed by atoms with Crippen LogP contribution in [-0.4, -0.2) is 35.1 Å². The first-order valence-electron chi connectivity index (χ1n) is 5.36. The standard InChI is InChI=1S/C11H17N3O2/c1-9(2)16-7-3-4-14-11(15)10-8-12-5-6-13-10/h5-6,8-9H,3-4,7H2,1-2H3,(H,14,15). The summed E-state index contributed by atoms with van der Waals surface area (Å²) in [7, 11) is 0. The molecule has 0 saturated heterocycles. The van der Waals surface area contributed by atoms with Crippen molar-refractivity contribution >= 4 is 5.91 Å². The van der Waals surface area contributed by atoms with Crippen molar-refractivity contribution in [1.29, 1.82) is 0 Å². The van der Waals surface area contributed by atoms with Gasteiger partial charge in [-0.15, -0.1) is 0 Å². The van der Waals surface area contributed by atoms with Gasteiger partial charge in [0.15, 0.2) is 0 Å². The molecule has 0 bridgehead atoms. The molecule has 0 radical (unpaired) electrons. The Hall–Kier alpha value is -1.49. The van der Waals surface area contributed by atoms with Crippen molar-refractivity contribution in [3.63, 3.8) is 0 Å². The van der Waals surface area contributed by atoms with Crippen molar-refractivity contribution < 1.29 is 9.53 Å². The molecule has 0 aliphatic carbocycles. The highest BCUT2D eigenvalue weighted by molar-refractivity contribution is 5.91. The zero-order chi connectivity index (χ0) is 11.8. The Morgan fingerprint density at radius 1 is 1.50 bits per heavy atom. The molecular formula is C11H17N3O2. The fourth-order valence-corrected chi connectivity index (χ4v) is 1.10. The molecule has 0 atom stereocenters. The number of hydrogen-bond donors (Lipinski definition) is 1. The molecule has 0 aliphatic rings. The molecule has 5 nitrogen and oxygen atoms in total. The molecule has 0 aliphatic heterocycles. The molecule has 1 heterocycles. The highest BCUT2D eigenvalue weighted by atomic mass is 16.5. The van der Waals surface area contributed by atoms with E-state index in [1.807, 2.05) is 13.8 Å². The number of nitrogens with one attached hydrogen (secondary N) is 1. The van der Waals surface area contributed by atoms with Crippen molar-refractivity contribution in [1.82, 2.24) is 15.3 Å². The molecule has 1 N–H and O–H groups in total. The normalized spacial score (nSPS) is 10.4. The lowest BCUT2D eigenvalue weighted by Gasteiger charge is -2.07. The van der Waals surface area contributed by atoms with Gasteiger partial charge in [-0.05, 0) is 20.3 Å². The van der Waals surface area contributed by atoms with Gasteiger partial charge in [0.05, 0.1) is 12.3 Å². The Morgan fingerprint density at radius 2 is 2.31 bits per heavy atom. The molecule has 0 fully saturated rings. The fourth-order valence-electron chi connectivity index (χ4n) is 1.10. The molecule has 0 spiro atoms. The second kappa shape index (κ2) is 6.90. The lowest BCUT2D eigenvalue weighted by Crippen LogP contribution is -2.26. The minimum Gasteiger partial charge on any atom is -0.379 e. The van der Waals surface area contributed by atoms with Gasteiger partial charge in [0.2, 0.25) is 0 Å². The van der Waals surface area contributed by atoms with E-state index in [9.17, 15) is 4.79 Å². The zero-order valence-corrected chi connectivity index (χ0v) is 9.64. The van der Waals surface area contributed by atoms with Crippen LogP contribution >= 0.6 is 0 Å². The van der Waals surface area contributed by atoms with Crippen LogP contribution in [0.3, 0.4) is 0 Å². The van der Waals surface area contributed by atoms with Crippen LogP contribution in [0.25, 0.3) is 0 Å². The molecule has 1 aromatic rings. The number of carbonyl (C=O) groups excluding carboxylic acids is 1. The number of amides is 1. The topological polar surface area (TPSA) is 64.1 Å². The van der Waals surface area contributed by atoms with Crippen LogP contribution in [0.2, 0.25) is 0 Å². The second-order valence-corrected chi connectivity index (χ2v) is 3.62. The molecule has 88 valence electrons. The lowest BCUT2D eigenvalue weighted by atomic mass is 10.4. The Kier molecular flexibility index (Phi) is 5.42. The average Bonchev–Trinajstić information content (AvgIpc) is 2.29. The number of carbonyl (C=O) groups is 1. The van der Waals surface area contributed by atoms with E-state index in [0.717, 1.165) is 6.42 Å². The number of nitrogens with zero attached hydrogens (tertiary/aromatic N) is 2. The maximum absolute atomic E-state index is 11.5. The largest absolute Gasteiger partial charge is 0.379 e. The van der Waals surface area contributed by atoms with Gasteiger partial charge in [-0.1, -0.05) is 0 Å². The molecule has 1 rings (SSSR count). The first-order valence-corrected chi connectivity index (χ1v) is 5.36. The minimum absolute atomic E-state index is 0.197. The van der Waals surface area contributed by atoms with Gasteiger partial charge in [0.25, 0.3) is 5.91 Å². The van der Waals surface area contributed by atoms with Gasteiger partial charge in [-0.3, -0.25) is 9.78 Å². The molecule has 16 heavy (non-hydrogen) atoms. The van der Waals surface area contributed by atoms with Gasteiger partial charge in [0, 0.05) is 25.5 Å². The monoisotopic (exact) mass is 223 g/mol. The highest BCUT2D eigenvalue weighted by Gasteiger charge is 2.05. The lowest BCUT2D eigenvalue weighted by molar-refractivity contribution is 0.0756. The third-order valence-electron chi connectivity index (χ3n) is 1.85. The van der Waals surface area contributed by atoms with Crippen molar-refractivity contribution in [2.24, 2.45) is 0 Å². The van der Waals surface area contributed by atoms with Gasteiger partial charge < -0.3 is 10.1 Å². The van der Waals surface area contributed by atoms with Gasteiger partial charge >= 0.3 is 0 Å². The number of ether oxygens (including phenoxy) is 1. The van der Waals surface area contributed by atoms with E-state index in [-0.39, 0.29) is 12.0 Å². The Labute approximate surface area is 95.3 Å². The number of aromatic nitrogens is 2. The summed E-state index contributed by atoms with van der Waals surface area (Å²) in [6.45, 7) is 5.21. The fraction of sp³-hybridized carbons (Fsp3) is 0.545. The molecule has 0 aromatic carbocycles. The first kappa shape index (κ1) is 12.6. The van der Waals surface area contributed by atoms with E-state index in [1.54, 1.807) is 0 Å². The van der Waals surface area contributed by atoms with Crippen molar-refractivity contribution in [2.45, 2.75) is 26.4 Å². The molecule has 0 unspecified atom stereocenters. The summed E-state index contributed by atoms with van der Waals surface area (Å²) in [5, 5.41) is 2.75. The van der Waals surface area contributed by atoms with Gasteiger partial charge in [-0.25, -0.2) is 4.98 Å². The Balaban J connectivity index is 2.16. The molecule has 5 heteroatoms. The zero-order valence-electron chi connectivity index (χ0n) is 9.64. The van der Waals surface area contributed by atoms with Crippen LogP contribution in [0, 0.1) is 0 Å². The molecular weight excluding hydrogens is 206 g/mol. The van der Waals surface area contributed by atoms with Crippen LogP contribution in [-0.2, 0) is 4.74 Å². The minimum atomic E-state index is -0.197. The van der Waals surface area contributed by atoms with Gasteiger partial charge in [0.1, 0.15) is 5.69 Å². The molecule has 1 amide bonds. The van der Waals surface area contributed by atoms with E-state index >= 15 is 0 Å². The summed E-state index contributed by atoms with van der Waals surface area (Å²) in [6.07, 6.45) is 5.50. The maximum Gasteiger partial charge on any atom is 0.271 e. The van der Waals surface area contributed by atoms with E-state index in [4.69, 9.17) is 4.74 Å². The van der Waals surface area contributed by atoms with E-state index < -0.39 is 0 Å². The predicted octanol–water partition coefficient (Wildman–Crippen LogP) is 1.02. The first-order chi connectivity index (χ1) is 7.70. The van der Waals surface area contributed by atoms with Crippen molar-refractivity contribution in [2.75, 3.05) is 13.2 Å². The number of rotatable bonds is 6. The summed E-state index contributed by atoms with van der Waals surface area (Å²) in [5.74, 6) is -0.197. The van der Waals surface area contributed by atoms with E-state index in [2.05, 4.69) is 15.3 Å². The summed E-state index contributed by atoms with van der Waals surface area (Å²) in [6, 6.07) is 0. The summed E-state index contributed by atoms with van der Waals surface area (Å²) < 4.78 is 5.35. The highest BCUT2D eigenvalue weighted by Crippen LogP contribution is 1.92. The Bertz CT molecular complexity index is 314. The van der Waals surface area contributed by atoms with Crippen molar-refractivity contribution in [3.8, 4) is 0 Å². The van der Waals surface area contributed by atoms with Crippen LogP contribution in [0.5, 0.6) is 0 Å². The number of hydrogen-bond acceptors (Lipinski definition) is 4. The van der Waals surface area contributed by atoms with Crippen LogP contribution in [0.1, 0.15) is 30.8 Å². The van der Waals surface area contributed by atoms with Crippen LogP contribution in [0.15, 0.2) is 18.6 Å². The predicted molar refractivity (Wildman–Crippen MR) is 60.1 cm³/mol. The third-order valence-corrected chi connectivity index (χ3v) is 1.85. The van der Waals surface area contributed by atoms with Gasteiger partial charge in [-0.2, -0.15) is 0 Å². The third kappa shape index (κ3) is 4.84. The van der Waals surface area contributed by atoms with Crippen LogP contribution in [0.4, 0.5) is 0 Å². The van der Waals surface area contributed by atoms with Crippen LogP contribution < -0.4 is 5.32 Å².